The van der Waals surface area contributed by atoms with Gasteiger partial charge in [-0.25, -0.2) is 0 Å². The SMILES string of the molecule is CC(O)(CNc1ccc(C#N)nn1)c1cccc(Cl)c1. The topological polar surface area (TPSA) is 81.8 Å². The number of benzene rings is 1. The van der Waals surface area contributed by atoms with Crippen LogP contribution in [0.2, 0.25) is 5.02 Å². The van der Waals surface area contributed by atoms with Crippen molar-refractivity contribution in [1.82, 2.24) is 10.2 Å². The fourth-order valence-electron chi connectivity index (χ4n) is 1.67. The molecule has 6 heteroatoms. The van der Waals surface area contributed by atoms with Crippen LogP contribution in [0.5, 0.6) is 0 Å². The number of aliphatic hydroxyl groups is 1. The maximum atomic E-state index is 10.5. The van der Waals surface area contributed by atoms with Gasteiger partial charge in [0.05, 0.1) is 0 Å². The van der Waals surface area contributed by atoms with Crippen LogP contribution < -0.4 is 5.32 Å². The van der Waals surface area contributed by atoms with Crippen molar-refractivity contribution >= 4 is 17.4 Å². The molecule has 5 nitrogen and oxygen atoms in total. The summed E-state index contributed by atoms with van der Waals surface area (Å²) in [7, 11) is 0. The summed E-state index contributed by atoms with van der Waals surface area (Å²) >= 11 is 5.92. The lowest BCUT2D eigenvalue weighted by molar-refractivity contribution is 0.0714. The van der Waals surface area contributed by atoms with Gasteiger partial charge in [0.15, 0.2) is 5.69 Å². The highest BCUT2D eigenvalue weighted by atomic mass is 35.5. The van der Waals surface area contributed by atoms with Crippen LogP contribution in [-0.2, 0) is 5.60 Å². The molecule has 0 fully saturated rings. The lowest BCUT2D eigenvalue weighted by atomic mass is 9.96. The van der Waals surface area contributed by atoms with Crippen molar-refractivity contribution in [2.75, 3.05) is 11.9 Å². The minimum atomic E-state index is -1.10. The van der Waals surface area contributed by atoms with E-state index in [1.165, 1.54) is 0 Å². The molecular weight excluding hydrogens is 276 g/mol. The van der Waals surface area contributed by atoms with E-state index in [-0.39, 0.29) is 12.2 Å². The Morgan fingerprint density at radius 3 is 2.75 bits per heavy atom. The summed E-state index contributed by atoms with van der Waals surface area (Å²) in [5.41, 5.74) is -0.142. The highest BCUT2D eigenvalue weighted by molar-refractivity contribution is 6.30. The first-order valence-corrected chi connectivity index (χ1v) is 6.35. The van der Waals surface area contributed by atoms with Gasteiger partial charge in [0.2, 0.25) is 0 Å². The molecule has 0 spiro atoms. The van der Waals surface area contributed by atoms with Crippen molar-refractivity contribution in [2.45, 2.75) is 12.5 Å². The van der Waals surface area contributed by atoms with E-state index in [1.807, 2.05) is 6.07 Å². The van der Waals surface area contributed by atoms with Crippen LogP contribution >= 0.6 is 11.6 Å². The molecule has 1 aromatic heterocycles. The normalized spacial score (nSPS) is 13.3. The van der Waals surface area contributed by atoms with Crippen LogP contribution in [0.3, 0.4) is 0 Å². The van der Waals surface area contributed by atoms with Crippen molar-refractivity contribution < 1.29 is 5.11 Å². The van der Waals surface area contributed by atoms with Crippen molar-refractivity contribution in [3.63, 3.8) is 0 Å². The Bertz CT molecular complexity index is 634. The Kier molecular flexibility index (Phi) is 4.18. The average molecular weight is 289 g/mol. The molecule has 0 aliphatic heterocycles. The molecular formula is C14H13ClN4O. The van der Waals surface area contributed by atoms with Crippen LogP contribution in [0.4, 0.5) is 5.82 Å². The standard InChI is InChI=1S/C14H13ClN4O/c1-14(20,10-3-2-4-11(15)7-10)9-17-13-6-5-12(8-16)18-19-13/h2-7,20H,9H2,1H3,(H,17,19). The molecule has 1 aromatic carbocycles. The monoisotopic (exact) mass is 288 g/mol. The third-order valence-electron chi connectivity index (χ3n) is 2.84. The van der Waals surface area contributed by atoms with E-state index in [2.05, 4.69) is 15.5 Å². The van der Waals surface area contributed by atoms with Gasteiger partial charge < -0.3 is 10.4 Å². The van der Waals surface area contributed by atoms with E-state index in [0.29, 0.717) is 16.4 Å². The molecule has 0 amide bonds. The van der Waals surface area contributed by atoms with Gasteiger partial charge in [-0.15, -0.1) is 10.2 Å². The first kappa shape index (κ1) is 14.3. The summed E-state index contributed by atoms with van der Waals surface area (Å²) in [6.07, 6.45) is 0. The molecule has 102 valence electrons. The molecule has 1 unspecified atom stereocenters. The molecule has 1 atom stereocenters. The number of hydrogen-bond acceptors (Lipinski definition) is 5. The highest BCUT2D eigenvalue weighted by Crippen LogP contribution is 2.23. The molecule has 2 N–H and O–H groups in total. The predicted octanol–water partition coefficient (Wildman–Crippen LogP) is 2.32. The zero-order valence-corrected chi connectivity index (χ0v) is 11.6. The van der Waals surface area contributed by atoms with Gasteiger partial charge in [0, 0.05) is 11.6 Å². The van der Waals surface area contributed by atoms with Gasteiger partial charge in [-0.05, 0) is 36.8 Å². The largest absolute Gasteiger partial charge is 0.384 e. The molecule has 2 aromatic rings. The second-order valence-corrected chi connectivity index (χ2v) is 4.99. The van der Waals surface area contributed by atoms with E-state index in [9.17, 15) is 5.11 Å². The van der Waals surface area contributed by atoms with E-state index in [0.717, 1.165) is 0 Å². The number of aromatic nitrogens is 2. The predicted molar refractivity (Wildman–Crippen MR) is 76.3 cm³/mol. The van der Waals surface area contributed by atoms with Crippen LogP contribution in [0.1, 0.15) is 18.2 Å². The van der Waals surface area contributed by atoms with E-state index in [1.54, 1.807) is 43.3 Å². The third kappa shape index (κ3) is 3.44. The summed E-state index contributed by atoms with van der Waals surface area (Å²) in [4.78, 5) is 0. The van der Waals surface area contributed by atoms with Gasteiger partial charge in [-0.1, -0.05) is 23.7 Å². The van der Waals surface area contributed by atoms with Crippen LogP contribution in [0.25, 0.3) is 0 Å². The minimum Gasteiger partial charge on any atom is -0.384 e. The van der Waals surface area contributed by atoms with Gasteiger partial charge in [0.1, 0.15) is 17.5 Å². The first-order valence-electron chi connectivity index (χ1n) is 5.97. The summed E-state index contributed by atoms with van der Waals surface area (Å²) in [6.45, 7) is 1.93. The van der Waals surface area contributed by atoms with Crippen LogP contribution in [-0.4, -0.2) is 21.8 Å². The molecule has 0 radical (unpaired) electrons. The Hall–Kier alpha value is -2.16. The van der Waals surface area contributed by atoms with Gasteiger partial charge >= 0.3 is 0 Å². The van der Waals surface area contributed by atoms with Crippen molar-refractivity contribution in [2.24, 2.45) is 0 Å². The Morgan fingerprint density at radius 1 is 1.35 bits per heavy atom. The molecule has 1 heterocycles. The number of nitrogens with zero attached hydrogens (tertiary/aromatic N) is 3. The second kappa shape index (κ2) is 5.87. The first-order chi connectivity index (χ1) is 9.51. The van der Waals surface area contributed by atoms with Gasteiger partial charge in [-0.3, -0.25) is 0 Å². The zero-order valence-electron chi connectivity index (χ0n) is 10.8. The van der Waals surface area contributed by atoms with E-state index >= 15 is 0 Å². The van der Waals surface area contributed by atoms with Gasteiger partial charge in [0.25, 0.3) is 0 Å². The molecule has 2 rings (SSSR count). The number of nitriles is 1. The lowest BCUT2D eigenvalue weighted by Crippen LogP contribution is -2.31. The lowest BCUT2D eigenvalue weighted by Gasteiger charge is -2.24. The maximum Gasteiger partial charge on any atom is 0.163 e. The van der Waals surface area contributed by atoms with Crippen molar-refractivity contribution in [3.05, 3.63) is 52.7 Å². The van der Waals surface area contributed by atoms with E-state index in [4.69, 9.17) is 16.9 Å². The quantitative estimate of drug-likeness (QED) is 0.902. The summed E-state index contributed by atoms with van der Waals surface area (Å²) < 4.78 is 0. The molecule has 0 saturated heterocycles. The Balaban J connectivity index is 2.06. The minimum absolute atomic E-state index is 0.244. The zero-order chi connectivity index (χ0) is 14.6. The fourth-order valence-corrected chi connectivity index (χ4v) is 1.86. The number of hydrogen-bond donors (Lipinski definition) is 2. The Morgan fingerprint density at radius 2 is 2.15 bits per heavy atom. The Labute approximate surface area is 121 Å². The van der Waals surface area contributed by atoms with Crippen molar-refractivity contribution in [1.29, 1.82) is 5.26 Å². The van der Waals surface area contributed by atoms with Crippen LogP contribution in [0, 0.1) is 11.3 Å². The smallest absolute Gasteiger partial charge is 0.163 e. The van der Waals surface area contributed by atoms with Crippen LogP contribution in [0.15, 0.2) is 36.4 Å². The number of rotatable bonds is 4. The summed E-state index contributed by atoms with van der Waals surface area (Å²) in [6, 6.07) is 12.1. The second-order valence-electron chi connectivity index (χ2n) is 4.55. The van der Waals surface area contributed by atoms with Gasteiger partial charge in [-0.2, -0.15) is 5.26 Å². The highest BCUT2D eigenvalue weighted by Gasteiger charge is 2.23. The molecule has 0 aliphatic carbocycles. The number of halogens is 1. The molecule has 20 heavy (non-hydrogen) atoms. The molecule has 0 saturated carbocycles. The number of anilines is 1. The number of nitrogens with one attached hydrogen (secondary N) is 1. The van der Waals surface area contributed by atoms with E-state index < -0.39 is 5.60 Å². The average Bonchev–Trinajstić information content (AvgIpc) is 2.46. The third-order valence-corrected chi connectivity index (χ3v) is 3.07. The maximum absolute atomic E-state index is 10.5. The molecule has 0 bridgehead atoms. The summed E-state index contributed by atoms with van der Waals surface area (Å²) in [5.74, 6) is 0.492. The molecule has 0 aliphatic rings. The van der Waals surface area contributed by atoms with Crippen molar-refractivity contribution in [3.8, 4) is 6.07 Å². The summed E-state index contributed by atoms with van der Waals surface area (Å²) in [5, 5.41) is 30.2. The fraction of sp³-hybridized carbons (Fsp3) is 0.214.